The maximum atomic E-state index is 5.41. The van der Waals surface area contributed by atoms with Gasteiger partial charge in [-0.1, -0.05) is 12.1 Å². The van der Waals surface area contributed by atoms with Gasteiger partial charge in [-0.25, -0.2) is 4.98 Å². The maximum Gasteiger partial charge on any atom is 0.231 e. The van der Waals surface area contributed by atoms with Crippen LogP contribution in [0.5, 0.6) is 11.5 Å². The molecule has 7 nitrogen and oxygen atoms in total. The Morgan fingerprint density at radius 3 is 2.93 bits per heavy atom. The monoisotopic (exact) mass is 479 g/mol. The summed E-state index contributed by atoms with van der Waals surface area (Å²) in [5.41, 5.74) is 3.13. The molecule has 0 saturated heterocycles. The summed E-state index contributed by atoms with van der Waals surface area (Å²) in [6, 6.07) is 11.9. The number of ether oxygens (including phenoxy) is 2. The molecule has 0 bridgehead atoms. The van der Waals surface area contributed by atoms with Crippen molar-refractivity contribution < 1.29 is 9.47 Å². The van der Waals surface area contributed by atoms with Gasteiger partial charge < -0.3 is 24.5 Å². The van der Waals surface area contributed by atoms with Crippen LogP contribution in [0.4, 0.5) is 0 Å². The van der Waals surface area contributed by atoms with E-state index in [2.05, 4.69) is 26.8 Å². The number of nitrogens with one attached hydrogen (secondary N) is 2. The third-order valence-electron chi connectivity index (χ3n) is 4.21. The van der Waals surface area contributed by atoms with Gasteiger partial charge in [0.05, 0.1) is 5.69 Å². The van der Waals surface area contributed by atoms with Gasteiger partial charge in [-0.05, 0) is 29.8 Å². The van der Waals surface area contributed by atoms with E-state index in [4.69, 9.17) is 9.47 Å². The molecule has 0 radical (unpaired) electrons. The van der Waals surface area contributed by atoms with Gasteiger partial charge in [-0.2, -0.15) is 0 Å². The van der Waals surface area contributed by atoms with Crippen molar-refractivity contribution in [3.63, 3.8) is 0 Å². The zero-order chi connectivity index (χ0) is 17.8. The van der Waals surface area contributed by atoms with E-state index in [0.717, 1.165) is 47.3 Å². The minimum atomic E-state index is 0. The standard InChI is InChI=1S/C19H21N5O2.HI/c1-20-19(22-11-14-5-6-16-17(10-14)26-13-25-16)21-8-7-15-12-24-9-3-2-4-18(24)23-15;/h2-6,9-10,12H,7-8,11,13H2,1H3,(H2,20,21,22);1H. The molecule has 3 aromatic rings. The topological polar surface area (TPSA) is 72.2 Å². The van der Waals surface area contributed by atoms with E-state index >= 15 is 0 Å². The van der Waals surface area contributed by atoms with E-state index < -0.39 is 0 Å². The Kier molecular flexibility index (Phi) is 6.38. The van der Waals surface area contributed by atoms with Gasteiger partial charge in [0.1, 0.15) is 5.65 Å². The first-order chi connectivity index (χ1) is 12.8. The first kappa shape index (κ1) is 19.3. The first-order valence-electron chi connectivity index (χ1n) is 8.57. The van der Waals surface area contributed by atoms with Crippen molar-refractivity contribution in [2.75, 3.05) is 20.4 Å². The Hall–Kier alpha value is -2.49. The number of benzene rings is 1. The number of guanidine groups is 1. The van der Waals surface area contributed by atoms with E-state index in [-0.39, 0.29) is 24.0 Å². The van der Waals surface area contributed by atoms with E-state index in [1.54, 1.807) is 7.05 Å². The van der Waals surface area contributed by atoms with Gasteiger partial charge in [0.2, 0.25) is 6.79 Å². The molecule has 1 aliphatic heterocycles. The third-order valence-corrected chi connectivity index (χ3v) is 4.21. The summed E-state index contributed by atoms with van der Waals surface area (Å²) in [5, 5.41) is 6.63. The maximum absolute atomic E-state index is 5.41. The molecule has 0 saturated carbocycles. The highest BCUT2D eigenvalue weighted by Crippen LogP contribution is 2.32. The van der Waals surface area contributed by atoms with E-state index in [0.29, 0.717) is 13.3 Å². The van der Waals surface area contributed by atoms with Gasteiger partial charge in [-0.3, -0.25) is 4.99 Å². The molecule has 27 heavy (non-hydrogen) atoms. The van der Waals surface area contributed by atoms with Crippen LogP contribution in [0.15, 0.2) is 53.8 Å². The Bertz CT molecular complexity index is 908. The molecule has 0 atom stereocenters. The molecule has 1 aromatic carbocycles. The lowest BCUT2D eigenvalue weighted by Gasteiger charge is -2.11. The van der Waals surface area contributed by atoms with Crippen molar-refractivity contribution in [2.45, 2.75) is 13.0 Å². The molecule has 8 heteroatoms. The lowest BCUT2D eigenvalue weighted by molar-refractivity contribution is 0.174. The van der Waals surface area contributed by atoms with Gasteiger partial charge >= 0.3 is 0 Å². The van der Waals surface area contributed by atoms with Crippen LogP contribution in [-0.2, 0) is 13.0 Å². The second-order valence-electron chi connectivity index (χ2n) is 5.99. The van der Waals surface area contributed by atoms with E-state index in [1.807, 2.05) is 47.0 Å². The summed E-state index contributed by atoms with van der Waals surface area (Å²) in [7, 11) is 1.76. The zero-order valence-corrected chi connectivity index (χ0v) is 17.3. The molecule has 0 fully saturated rings. The van der Waals surface area contributed by atoms with E-state index in [1.165, 1.54) is 0 Å². The number of hydrogen-bond acceptors (Lipinski definition) is 4. The normalized spacial score (nSPS) is 12.7. The van der Waals surface area contributed by atoms with Gasteiger partial charge in [-0.15, -0.1) is 24.0 Å². The average molecular weight is 479 g/mol. The zero-order valence-electron chi connectivity index (χ0n) is 15.0. The molecular formula is C19H22IN5O2. The summed E-state index contributed by atoms with van der Waals surface area (Å²) < 4.78 is 12.8. The lowest BCUT2D eigenvalue weighted by Crippen LogP contribution is -2.37. The van der Waals surface area contributed by atoms with Crippen molar-refractivity contribution in [3.8, 4) is 11.5 Å². The summed E-state index contributed by atoms with van der Waals surface area (Å²) in [4.78, 5) is 8.86. The number of aromatic nitrogens is 2. The number of imidazole rings is 1. The molecule has 4 rings (SSSR count). The highest BCUT2D eigenvalue weighted by atomic mass is 127. The second kappa shape index (κ2) is 8.94. The molecule has 0 spiro atoms. The number of nitrogens with zero attached hydrogens (tertiary/aromatic N) is 3. The molecule has 1 aliphatic rings. The van der Waals surface area contributed by atoms with Crippen LogP contribution in [0.2, 0.25) is 0 Å². The molecule has 0 aliphatic carbocycles. The van der Waals surface area contributed by atoms with Gasteiger partial charge in [0, 0.05) is 39.0 Å². The number of halogens is 1. The predicted molar refractivity (Wildman–Crippen MR) is 115 cm³/mol. The highest BCUT2D eigenvalue weighted by molar-refractivity contribution is 14.0. The molecule has 2 N–H and O–H groups in total. The minimum Gasteiger partial charge on any atom is -0.454 e. The Morgan fingerprint density at radius 2 is 2.07 bits per heavy atom. The summed E-state index contributed by atoms with van der Waals surface area (Å²) in [6.45, 7) is 1.70. The molecule has 0 amide bonds. The van der Waals surface area contributed by atoms with Crippen molar-refractivity contribution in [1.82, 2.24) is 20.0 Å². The Morgan fingerprint density at radius 1 is 1.19 bits per heavy atom. The SMILES string of the molecule is CN=C(NCCc1cn2ccccc2n1)NCc1ccc2c(c1)OCO2.I. The van der Waals surface area contributed by atoms with Crippen LogP contribution in [0.25, 0.3) is 5.65 Å². The third kappa shape index (κ3) is 4.62. The van der Waals surface area contributed by atoms with Crippen molar-refractivity contribution in [2.24, 2.45) is 4.99 Å². The smallest absolute Gasteiger partial charge is 0.231 e. The molecule has 0 unspecified atom stereocenters. The number of hydrogen-bond donors (Lipinski definition) is 2. The summed E-state index contributed by atoms with van der Waals surface area (Å²) in [6.07, 6.45) is 4.89. The summed E-state index contributed by atoms with van der Waals surface area (Å²) in [5.74, 6) is 2.34. The van der Waals surface area contributed by atoms with Crippen molar-refractivity contribution in [1.29, 1.82) is 0 Å². The van der Waals surface area contributed by atoms with Gasteiger partial charge in [0.25, 0.3) is 0 Å². The Balaban J connectivity index is 0.00000210. The lowest BCUT2D eigenvalue weighted by atomic mass is 10.2. The first-order valence-corrected chi connectivity index (χ1v) is 8.57. The Labute approximate surface area is 174 Å². The van der Waals surface area contributed by atoms with Crippen LogP contribution in [-0.4, -0.2) is 35.7 Å². The fourth-order valence-electron chi connectivity index (χ4n) is 2.87. The number of rotatable bonds is 5. The molecule has 3 heterocycles. The van der Waals surface area contributed by atoms with E-state index in [9.17, 15) is 0 Å². The minimum absolute atomic E-state index is 0. The molecular weight excluding hydrogens is 457 g/mol. The fourth-order valence-corrected chi connectivity index (χ4v) is 2.87. The van der Waals surface area contributed by atoms with Crippen LogP contribution < -0.4 is 20.1 Å². The van der Waals surface area contributed by atoms with Crippen LogP contribution in [0.1, 0.15) is 11.3 Å². The predicted octanol–water partition coefficient (Wildman–Crippen LogP) is 2.59. The van der Waals surface area contributed by atoms with Crippen molar-refractivity contribution >= 4 is 35.6 Å². The summed E-state index contributed by atoms with van der Waals surface area (Å²) >= 11 is 0. The average Bonchev–Trinajstić information content (AvgIpc) is 3.30. The van der Waals surface area contributed by atoms with Gasteiger partial charge in [0.15, 0.2) is 17.5 Å². The second-order valence-corrected chi connectivity index (χ2v) is 5.99. The van der Waals surface area contributed by atoms with Crippen LogP contribution >= 0.6 is 24.0 Å². The number of pyridine rings is 1. The highest BCUT2D eigenvalue weighted by Gasteiger charge is 2.13. The fraction of sp³-hybridized carbons (Fsp3) is 0.263. The number of aliphatic imine (C=N–C) groups is 1. The van der Waals surface area contributed by atoms with Crippen LogP contribution in [0, 0.1) is 0 Å². The molecule has 142 valence electrons. The van der Waals surface area contributed by atoms with Crippen LogP contribution in [0.3, 0.4) is 0 Å². The molecule has 2 aromatic heterocycles. The number of fused-ring (bicyclic) bond motifs is 2. The van der Waals surface area contributed by atoms with Crippen molar-refractivity contribution in [3.05, 3.63) is 60.0 Å². The quantitative estimate of drug-likeness (QED) is 0.335. The largest absolute Gasteiger partial charge is 0.454 e.